The van der Waals surface area contributed by atoms with Gasteiger partial charge in [-0.25, -0.2) is 0 Å². The Hall–Kier alpha value is -0.880. The van der Waals surface area contributed by atoms with Gasteiger partial charge >= 0.3 is 0 Å². The number of rotatable bonds is 4. The third-order valence-corrected chi connectivity index (χ3v) is 5.35. The van der Waals surface area contributed by atoms with Gasteiger partial charge in [-0.05, 0) is 40.9 Å². The topological polar surface area (TPSA) is 32.3 Å². The summed E-state index contributed by atoms with van der Waals surface area (Å²) in [5.41, 5.74) is 1.35. The van der Waals surface area contributed by atoms with Gasteiger partial charge in [-0.1, -0.05) is 11.6 Å². The number of likely N-dealkylation sites (tertiary alicyclic amines) is 1. The average Bonchev–Trinajstić information content (AvgIpc) is 3.13. The standard InChI is InChI=1S/C14H15ClN2OS2/c15-13-2-1-12(20-13)14(18)16-11-3-5-17(8-11)7-10-4-6-19-9-10/h1-2,4,6,9,11H,3,5,7-8H2,(H,16,18). The second kappa shape index (κ2) is 6.26. The largest absolute Gasteiger partial charge is 0.347 e. The van der Waals surface area contributed by atoms with Gasteiger partial charge in [-0.15, -0.1) is 11.3 Å². The SMILES string of the molecule is O=C(NC1CCN(Cc2ccsc2)C1)c1ccc(Cl)s1. The lowest BCUT2D eigenvalue weighted by Gasteiger charge is -2.15. The summed E-state index contributed by atoms with van der Waals surface area (Å²) in [7, 11) is 0. The van der Waals surface area contributed by atoms with Crippen LogP contribution in [0.5, 0.6) is 0 Å². The van der Waals surface area contributed by atoms with Crippen LogP contribution in [0.1, 0.15) is 21.7 Å². The molecule has 1 aliphatic rings. The molecule has 2 aromatic heterocycles. The van der Waals surface area contributed by atoms with Crippen LogP contribution in [0.3, 0.4) is 0 Å². The highest BCUT2D eigenvalue weighted by Gasteiger charge is 2.24. The summed E-state index contributed by atoms with van der Waals surface area (Å²) in [6.45, 7) is 2.92. The molecule has 3 heterocycles. The van der Waals surface area contributed by atoms with Gasteiger partial charge in [0.2, 0.25) is 0 Å². The molecular weight excluding hydrogens is 312 g/mol. The summed E-state index contributed by atoms with van der Waals surface area (Å²) in [4.78, 5) is 15.1. The fourth-order valence-corrected chi connectivity index (χ4v) is 4.03. The molecule has 1 amide bonds. The van der Waals surface area contributed by atoms with E-state index in [4.69, 9.17) is 11.6 Å². The number of hydrogen-bond donors (Lipinski definition) is 1. The van der Waals surface area contributed by atoms with E-state index in [-0.39, 0.29) is 11.9 Å². The van der Waals surface area contributed by atoms with Crippen molar-refractivity contribution in [1.82, 2.24) is 10.2 Å². The van der Waals surface area contributed by atoms with Gasteiger partial charge in [-0.3, -0.25) is 9.69 Å². The van der Waals surface area contributed by atoms with Crippen molar-refractivity contribution in [1.29, 1.82) is 0 Å². The molecule has 0 radical (unpaired) electrons. The smallest absolute Gasteiger partial charge is 0.261 e. The molecule has 0 saturated carbocycles. The van der Waals surface area contributed by atoms with Crippen molar-refractivity contribution < 1.29 is 4.79 Å². The molecule has 1 saturated heterocycles. The normalized spacial score (nSPS) is 19.4. The first-order valence-electron chi connectivity index (χ1n) is 6.50. The van der Waals surface area contributed by atoms with Crippen LogP contribution in [0, 0.1) is 0 Å². The number of nitrogens with zero attached hydrogens (tertiary/aromatic N) is 1. The number of halogens is 1. The first kappa shape index (κ1) is 14.1. The molecule has 2 aromatic rings. The predicted molar refractivity (Wildman–Crippen MR) is 84.8 cm³/mol. The molecule has 1 fully saturated rings. The van der Waals surface area contributed by atoms with Crippen LogP contribution in [-0.4, -0.2) is 29.9 Å². The van der Waals surface area contributed by atoms with Gasteiger partial charge in [0.1, 0.15) is 0 Å². The van der Waals surface area contributed by atoms with Gasteiger partial charge in [0, 0.05) is 25.7 Å². The number of amides is 1. The molecule has 1 N–H and O–H groups in total. The Balaban J connectivity index is 1.51. The number of carbonyl (C=O) groups is 1. The zero-order valence-electron chi connectivity index (χ0n) is 10.8. The van der Waals surface area contributed by atoms with Crippen LogP contribution >= 0.6 is 34.3 Å². The maximum atomic E-state index is 12.1. The van der Waals surface area contributed by atoms with Crippen LogP contribution in [0.15, 0.2) is 29.0 Å². The summed E-state index contributed by atoms with van der Waals surface area (Å²) in [5, 5.41) is 7.37. The second-order valence-electron chi connectivity index (χ2n) is 4.93. The number of thiophene rings is 2. The Morgan fingerprint density at radius 3 is 3.05 bits per heavy atom. The van der Waals surface area contributed by atoms with E-state index in [9.17, 15) is 4.79 Å². The van der Waals surface area contributed by atoms with Crippen LogP contribution < -0.4 is 5.32 Å². The highest BCUT2D eigenvalue weighted by Crippen LogP contribution is 2.22. The van der Waals surface area contributed by atoms with Crippen molar-refractivity contribution in [2.45, 2.75) is 19.0 Å². The van der Waals surface area contributed by atoms with Crippen molar-refractivity contribution in [3.63, 3.8) is 0 Å². The van der Waals surface area contributed by atoms with E-state index in [1.807, 2.05) is 0 Å². The van der Waals surface area contributed by atoms with Gasteiger partial charge in [0.05, 0.1) is 9.21 Å². The molecule has 3 nitrogen and oxygen atoms in total. The van der Waals surface area contributed by atoms with Crippen LogP contribution in [0.4, 0.5) is 0 Å². The monoisotopic (exact) mass is 326 g/mol. The fraction of sp³-hybridized carbons (Fsp3) is 0.357. The van der Waals surface area contributed by atoms with E-state index in [0.29, 0.717) is 9.21 Å². The number of carbonyl (C=O) groups excluding carboxylic acids is 1. The van der Waals surface area contributed by atoms with Gasteiger partial charge < -0.3 is 5.32 Å². The van der Waals surface area contributed by atoms with E-state index < -0.39 is 0 Å². The summed E-state index contributed by atoms with van der Waals surface area (Å²) in [5.74, 6) is -0.00992. The maximum Gasteiger partial charge on any atom is 0.261 e. The Labute approximate surface area is 131 Å². The lowest BCUT2D eigenvalue weighted by atomic mass is 10.2. The Bertz CT molecular complexity index is 582. The summed E-state index contributed by atoms with van der Waals surface area (Å²) in [6.07, 6.45) is 1.01. The Kier molecular flexibility index (Phi) is 4.41. The summed E-state index contributed by atoms with van der Waals surface area (Å²) in [6, 6.07) is 5.94. The lowest BCUT2D eigenvalue weighted by Crippen LogP contribution is -2.36. The zero-order chi connectivity index (χ0) is 13.9. The van der Waals surface area contributed by atoms with E-state index in [2.05, 4.69) is 27.0 Å². The molecule has 0 aliphatic carbocycles. The van der Waals surface area contributed by atoms with Crippen molar-refractivity contribution in [3.05, 3.63) is 43.7 Å². The van der Waals surface area contributed by atoms with Gasteiger partial charge in [0.15, 0.2) is 0 Å². The van der Waals surface area contributed by atoms with Gasteiger partial charge in [-0.2, -0.15) is 11.3 Å². The zero-order valence-corrected chi connectivity index (χ0v) is 13.2. The molecule has 0 spiro atoms. The molecular formula is C14H15ClN2OS2. The maximum absolute atomic E-state index is 12.1. The molecule has 3 rings (SSSR count). The van der Waals surface area contributed by atoms with E-state index in [1.165, 1.54) is 16.9 Å². The minimum Gasteiger partial charge on any atom is -0.347 e. The molecule has 1 unspecified atom stereocenters. The number of hydrogen-bond acceptors (Lipinski definition) is 4. The van der Waals surface area contributed by atoms with Crippen LogP contribution in [-0.2, 0) is 6.54 Å². The first-order valence-corrected chi connectivity index (χ1v) is 8.64. The van der Waals surface area contributed by atoms with Gasteiger partial charge in [0.25, 0.3) is 5.91 Å². The van der Waals surface area contributed by atoms with Crippen molar-refractivity contribution in [2.75, 3.05) is 13.1 Å². The molecule has 106 valence electrons. The molecule has 0 bridgehead atoms. The fourth-order valence-electron chi connectivity index (χ4n) is 2.43. The first-order chi connectivity index (χ1) is 9.70. The Morgan fingerprint density at radius 2 is 2.35 bits per heavy atom. The van der Waals surface area contributed by atoms with Crippen LogP contribution in [0.2, 0.25) is 4.34 Å². The minimum atomic E-state index is -0.00992. The van der Waals surface area contributed by atoms with Crippen molar-refractivity contribution >= 4 is 40.2 Å². The van der Waals surface area contributed by atoms with Crippen LogP contribution in [0.25, 0.3) is 0 Å². The summed E-state index contributed by atoms with van der Waals surface area (Å²) < 4.78 is 0.653. The average molecular weight is 327 g/mol. The molecule has 1 atom stereocenters. The molecule has 1 aliphatic heterocycles. The predicted octanol–water partition coefficient (Wildman–Crippen LogP) is 3.47. The Morgan fingerprint density at radius 1 is 1.45 bits per heavy atom. The quantitative estimate of drug-likeness (QED) is 0.933. The van der Waals surface area contributed by atoms with E-state index in [1.54, 1.807) is 23.5 Å². The minimum absolute atomic E-state index is 0.00992. The summed E-state index contributed by atoms with van der Waals surface area (Å²) >= 11 is 8.91. The molecule has 6 heteroatoms. The molecule has 0 aromatic carbocycles. The van der Waals surface area contributed by atoms with E-state index in [0.717, 1.165) is 26.1 Å². The second-order valence-corrected chi connectivity index (χ2v) is 7.42. The van der Waals surface area contributed by atoms with Crippen molar-refractivity contribution in [2.24, 2.45) is 0 Å². The highest BCUT2D eigenvalue weighted by atomic mass is 35.5. The lowest BCUT2D eigenvalue weighted by molar-refractivity contribution is 0.0942. The number of nitrogens with one attached hydrogen (secondary N) is 1. The highest BCUT2D eigenvalue weighted by molar-refractivity contribution is 7.18. The third kappa shape index (κ3) is 3.41. The third-order valence-electron chi connectivity index (χ3n) is 3.39. The van der Waals surface area contributed by atoms with E-state index >= 15 is 0 Å². The van der Waals surface area contributed by atoms with Crippen molar-refractivity contribution in [3.8, 4) is 0 Å². The molecule has 20 heavy (non-hydrogen) atoms.